The third-order valence-electron chi connectivity index (χ3n) is 7.07. The molecule has 35 heavy (non-hydrogen) atoms. The second-order valence-electron chi connectivity index (χ2n) is 8.87. The second-order valence-corrected chi connectivity index (χ2v) is 8.87. The first kappa shape index (κ1) is 22.8. The van der Waals surface area contributed by atoms with Crippen molar-refractivity contribution in [3.8, 4) is 22.6 Å². The van der Waals surface area contributed by atoms with Crippen LogP contribution in [0.4, 0.5) is 4.79 Å². The molecule has 5 rings (SSSR count). The third-order valence-corrected chi connectivity index (χ3v) is 7.07. The highest BCUT2D eigenvalue weighted by atomic mass is 16.6. The monoisotopic (exact) mass is 473 g/mol. The fourth-order valence-corrected chi connectivity index (χ4v) is 5.33. The van der Waals surface area contributed by atoms with Gasteiger partial charge in [0.05, 0.1) is 20.1 Å². The fourth-order valence-electron chi connectivity index (χ4n) is 5.33. The van der Waals surface area contributed by atoms with Gasteiger partial charge < -0.3 is 24.2 Å². The van der Waals surface area contributed by atoms with Crippen LogP contribution in [0.5, 0.6) is 11.5 Å². The van der Waals surface area contributed by atoms with Gasteiger partial charge in [-0.05, 0) is 28.3 Å². The number of aliphatic carboxylic acids is 1. The van der Waals surface area contributed by atoms with E-state index in [0.717, 1.165) is 27.8 Å². The van der Waals surface area contributed by atoms with Crippen LogP contribution >= 0.6 is 0 Å². The maximum absolute atomic E-state index is 13.1. The van der Waals surface area contributed by atoms with Crippen LogP contribution in [-0.2, 0) is 9.53 Å². The van der Waals surface area contributed by atoms with Gasteiger partial charge in [-0.15, -0.1) is 0 Å². The van der Waals surface area contributed by atoms with Crippen molar-refractivity contribution in [2.75, 3.05) is 33.9 Å². The molecule has 2 aliphatic rings. The maximum atomic E-state index is 13.1. The summed E-state index contributed by atoms with van der Waals surface area (Å²) in [5, 5.41) is 9.89. The highest BCUT2D eigenvalue weighted by Crippen LogP contribution is 2.45. The van der Waals surface area contributed by atoms with Crippen LogP contribution in [0.1, 0.15) is 28.5 Å². The van der Waals surface area contributed by atoms with Gasteiger partial charge in [-0.2, -0.15) is 0 Å². The van der Waals surface area contributed by atoms with E-state index in [1.165, 1.54) is 12.0 Å². The third kappa shape index (κ3) is 4.07. The lowest BCUT2D eigenvalue weighted by molar-refractivity contribution is -0.141. The average Bonchev–Trinajstić information content (AvgIpc) is 3.47. The summed E-state index contributed by atoms with van der Waals surface area (Å²) in [4.78, 5) is 26.6. The first-order valence-electron chi connectivity index (χ1n) is 11.6. The number of fused-ring (bicyclic) bond motifs is 3. The molecule has 3 aromatic carbocycles. The summed E-state index contributed by atoms with van der Waals surface area (Å²) < 4.78 is 16.5. The molecule has 1 aliphatic carbocycles. The summed E-state index contributed by atoms with van der Waals surface area (Å²) in [5.74, 6) is -1.05. The van der Waals surface area contributed by atoms with Crippen molar-refractivity contribution in [2.24, 2.45) is 5.92 Å². The van der Waals surface area contributed by atoms with E-state index in [-0.39, 0.29) is 25.6 Å². The molecule has 0 aromatic heterocycles. The van der Waals surface area contributed by atoms with E-state index in [2.05, 4.69) is 24.3 Å². The molecule has 1 heterocycles. The maximum Gasteiger partial charge on any atom is 0.409 e. The Kier molecular flexibility index (Phi) is 6.07. The first-order valence-corrected chi connectivity index (χ1v) is 11.6. The molecule has 1 fully saturated rings. The zero-order chi connectivity index (χ0) is 24.5. The van der Waals surface area contributed by atoms with E-state index < -0.39 is 23.9 Å². The van der Waals surface area contributed by atoms with E-state index in [9.17, 15) is 14.7 Å². The summed E-state index contributed by atoms with van der Waals surface area (Å²) >= 11 is 0. The van der Waals surface area contributed by atoms with Crippen molar-refractivity contribution in [2.45, 2.75) is 11.8 Å². The Labute approximate surface area is 203 Å². The molecule has 2 atom stereocenters. The molecule has 180 valence electrons. The van der Waals surface area contributed by atoms with Crippen molar-refractivity contribution in [3.63, 3.8) is 0 Å². The number of likely N-dealkylation sites (tertiary alicyclic amines) is 1. The molecule has 1 aliphatic heterocycles. The minimum atomic E-state index is -0.957. The summed E-state index contributed by atoms with van der Waals surface area (Å²) in [6, 6.07) is 21.6. The molecule has 7 nitrogen and oxygen atoms in total. The van der Waals surface area contributed by atoms with Crippen molar-refractivity contribution in [1.82, 2.24) is 4.90 Å². The van der Waals surface area contributed by atoms with Crippen LogP contribution in [0.3, 0.4) is 0 Å². The summed E-state index contributed by atoms with van der Waals surface area (Å²) in [6.45, 7) is 0.500. The molecule has 0 radical (unpaired) electrons. The van der Waals surface area contributed by atoms with Crippen molar-refractivity contribution < 1.29 is 28.9 Å². The number of carboxylic acids is 1. The largest absolute Gasteiger partial charge is 0.497 e. The van der Waals surface area contributed by atoms with Gasteiger partial charge in [0.25, 0.3) is 0 Å². The molecule has 7 heteroatoms. The Morgan fingerprint density at radius 2 is 1.54 bits per heavy atom. The standard InChI is InChI=1S/C28H27NO6/c1-33-17-11-12-22(26(13-17)34-2)23-14-29(15-24(23)27(30)31)28(32)35-16-25-20-9-5-3-7-18(20)19-8-4-6-10-21(19)25/h3-13,23-25H,14-16H2,1-2H3,(H,30,31). The van der Waals surface area contributed by atoms with Crippen LogP contribution in [0, 0.1) is 5.92 Å². The number of hydrogen-bond acceptors (Lipinski definition) is 5. The number of methoxy groups -OCH3 is 2. The number of ether oxygens (including phenoxy) is 3. The van der Waals surface area contributed by atoms with E-state index >= 15 is 0 Å². The zero-order valence-corrected chi connectivity index (χ0v) is 19.6. The number of hydrogen-bond donors (Lipinski definition) is 1. The molecular formula is C28H27NO6. The molecule has 1 saturated heterocycles. The van der Waals surface area contributed by atoms with Gasteiger partial charge in [0.15, 0.2) is 0 Å². The van der Waals surface area contributed by atoms with E-state index in [1.54, 1.807) is 25.3 Å². The zero-order valence-electron chi connectivity index (χ0n) is 19.6. The minimum absolute atomic E-state index is 0.0540. The van der Waals surface area contributed by atoms with Gasteiger partial charge in [-0.1, -0.05) is 54.6 Å². The Morgan fingerprint density at radius 3 is 2.14 bits per heavy atom. The molecule has 1 N–H and O–H groups in total. The van der Waals surface area contributed by atoms with Gasteiger partial charge in [-0.25, -0.2) is 4.79 Å². The van der Waals surface area contributed by atoms with Gasteiger partial charge in [0.2, 0.25) is 0 Å². The predicted molar refractivity (Wildman–Crippen MR) is 130 cm³/mol. The highest BCUT2D eigenvalue weighted by molar-refractivity contribution is 5.79. The predicted octanol–water partition coefficient (Wildman–Crippen LogP) is 4.75. The summed E-state index contributed by atoms with van der Waals surface area (Å²) in [6.07, 6.45) is -0.506. The first-order chi connectivity index (χ1) is 17.0. The quantitative estimate of drug-likeness (QED) is 0.556. The van der Waals surface area contributed by atoms with Gasteiger partial charge >= 0.3 is 12.1 Å². The minimum Gasteiger partial charge on any atom is -0.497 e. The van der Waals surface area contributed by atoms with Crippen molar-refractivity contribution in [1.29, 1.82) is 0 Å². The topological polar surface area (TPSA) is 85.3 Å². The van der Waals surface area contributed by atoms with E-state index in [1.807, 2.05) is 24.3 Å². The van der Waals surface area contributed by atoms with Crippen LogP contribution < -0.4 is 9.47 Å². The number of carbonyl (C=O) groups is 2. The number of rotatable bonds is 6. The van der Waals surface area contributed by atoms with Crippen LogP contribution in [-0.4, -0.2) is 56.0 Å². The summed E-state index contributed by atoms with van der Waals surface area (Å²) in [7, 11) is 3.09. The van der Waals surface area contributed by atoms with Gasteiger partial charge in [0, 0.05) is 36.6 Å². The van der Waals surface area contributed by atoms with E-state index in [4.69, 9.17) is 14.2 Å². The van der Waals surface area contributed by atoms with Crippen molar-refractivity contribution in [3.05, 3.63) is 83.4 Å². The van der Waals surface area contributed by atoms with Crippen LogP contribution in [0.15, 0.2) is 66.7 Å². The molecule has 0 saturated carbocycles. The Hall–Kier alpha value is -4.00. The normalized spacial score (nSPS) is 18.6. The molecule has 3 aromatic rings. The number of carbonyl (C=O) groups excluding carboxylic acids is 1. The van der Waals surface area contributed by atoms with Crippen molar-refractivity contribution >= 4 is 12.1 Å². The van der Waals surface area contributed by atoms with E-state index in [0.29, 0.717) is 11.5 Å². The lowest BCUT2D eigenvalue weighted by atomic mass is 9.88. The Morgan fingerprint density at radius 1 is 0.886 bits per heavy atom. The smallest absolute Gasteiger partial charge is 0.409 e. The van der Waals surface area contributed by atoms with Gasteiger partial charge in [0.1, 0.15) is 18.1 Å². The lowest BCUT2D eigenvalue weighted by Crippen LogP contribution is -2.31. The molecule has 1 amide bonds. The molecule has 0 spiro atoms. The number of carboxylic acid groups (broad SMARTS) is 1. The number of amides is 1. The van der Waals surface area contributed by atoms with Crippen LogP contribution in [0.25, 0.3) is 11.1 Å². The number of benzene rings is 3. The fraction of sp³-hybridized carbons (Fsp3) is 0.286. The second kappa shape index (κ2) is 9.33. The SMILES string of the molecule is COc1ccc(C2CN(C(=O)OCC3c4ccccc4-c4ccccc43)CC2C(=O)O)c(OC)c1. The molecule has 0 bridgehead atoms. The highest BCUT2D eigenvalue weighted by Gasteiger charge is 2.42. The van der Waals surface area contributed by atoms with Crippen LogP contribution in [0.2, 0.25) is 0 Å². The lowest BCUT2D eigenvalue weighted by Gasteiger charge is -2.20. The summed E-state index contributed by atoms with van der Waals surface area (Å²) in [5.41, 5.74) is 5.31. The molecule has 2 unspecified atom stereocenters. The molecular weight excluding hydrogens is 446 g/mol. The number of nitrogens with zero attached hydrogens (tertiary/aromatic N) is 1. The Bertz CT molecular complexity index is 1230. The Balaban J connectivity index is 1.34. The van der Waals surface area contributed by atoms with Gasteiger partial charge in [-0.3, -0.25) is 4.79 Å². The average molecular weight is 474 g/mol.